The van der Waals surface area contributed by atoms with Crippen LogP contribution in [0.3, 0.4) is 0 Å². The fourth-order valence-corrected chi connectivity index (χ4v) is 3.83. The lowest BCUT2D eigenvalue weighted by Gasteiger charge is -2.37. The molecule has 0 spiro atoms. The van der Waals surface area contributed by atoms with Gasteiger partial charge in [0.05, 0.1) is 0 Å². The zero-order valence-electron chi connectivity index (χ0n) is 7.79. The van der Waals surface area contributed by atoms with E-state index in [4.69, 9.17) is 0 Å². The second-order valence-electron chi connectivity index (χ2n) is 4.88. The molecule has 0 aromatic carbocycles. The summed E-state index contributed by atoms with van der Waals surface area (Å²) in [6.45, 7) is 2.39. The van der Waals surface area contributed by atoms with Crippen molar-refractivity contribution in [1.29, 1.82) is 0 Å². The third kappa shape index (κ3) is 0.787. The highest BCUT2D eigenvalue weighted by Gasteiger charge is 2.47. The zero-order valence-corrected chi connectivity index (χ0v) is 7.79. The largest absolute Gasteiger partial charge is 0.0848 e. The van der Waals surface area contributed by atoms with Gasteiger partial charge in [-0.1, -0.05) is 25.5 Å². The van der Waals surface area contributed by atoms with Crippen LogP contribution < -0.4 is 0 Å². The molecule has 0 saturated heterocycles. The molecule has 2 bridgehead atoms. The standard InChI is InChI=1S/C12H17/c1-8-3-2-4-11-9-5-6-10(7-9)12(8)11/h5-6,9-12H,2-4,7H2,1H3. The third-order valence-electron chi connectivity index (χ3n) is 4.30. The van der Waals surface area contributed by atoms with Gasteiger partial charge in [-0.05, 0) is 48.9 Å². The summed E-state index contributed by atoms with van der Waals surface area (Å²) in [6.07, 6.45) is 10.8. The highest BCUT2D eigenvalue weighted by molar-refractivity contribution is 5.20. The van der Waals surface area contributed by atoms with Gasteiger partial charge in [0.15, 0.2) is 0 Å². The van der Waals surface area contributed by atoms with Crippen molar-refractivity contribution in [3.05, 3.63) is 18.1 Å². The predicted molar refractivity (Wildman–Crippen MR) is 50.5 cm³/mol. The molecule has 3 rings (SSSR count). The molecule has 3 aliphatic carbocycles. The number of hydrogen-bond donors (Lipinski definition) is 0. The van der Waals surface area contributed by atoms with E-state index in [1.807, 2.05) is 5.92 Å². The van der Waals surface area contributed by atoms with Gasteiger partial charge in [0, 0.05) is 0 Å². The molecule has 0 aliphatic heterocycles. The lowest BCUT2D eigenvalue weighted by atomic mass is 9.68. The topological polar surface area (TPSA) is 0 Å². The summed E-state index contributed by atoms with van der Waals surface area (Å²) in [5.41, 5.74) is 0. The summed E-state index contributed by atoms with van der Waals surface area (Å²) in [4.78, 5) is 0. The Labute approximate surface area is 75.0 Å². The third-order valence-corrected chi connectivity index (χ3v) is 4.30. The summed E-state index contributed by atoms with van der Waals surface area (Å²) in [6, 6.07) is 0. The highest BCUT2D eigenvalue weighted by Crippen LogP contribution is 2.56. The van der Waals surface area contributed by atoms with E-state index in [2.05, 4.69) is 19.1 Å². The van der Waals surface area contributed by atoms with Crippen LogP contribution in [0, 0.1) is 29.6 Å². The molecule has 12 heavy (non-hydrogen) atoms. The van der Waals surface area contributed by atoms with Gasteiger partial charge in [0.2, 0.25) is 0 Å². The van der Waals surface area contributed by atoms with Gasteiger partial charge in [0.25, 0.3) is 0 Å². The molecule has 4 unspecified atom stereocenters. The number of fused-ring (bicyclic) bond motifs is 5. The molecule has 2 fully saturated rings. The van der Waals surface area contributed by atoms with Crippen molar-refractivity contribution in [2.45, 2.75) is 32.6 Å². The van der Waals surface area contributed by atoms with Gasteiger partial charge in [-0.2, -0.15) is 0 Å². The summed E-state index contributed by atoms with van der Waals surface area (Å²) in [5, 5.41) is 0. The molecule has 0 heteroatoms. The fraction of sp³-hybridized carbons (Fsp3) is 0.750. The SMILES string of the molecule is C[C]1CCCC2C3C=CC(C3)C12. The van der Waals surface area contributed by atoms with Crippen LogP contribution in [0.2, 0.25) is 0 Å². The first-order valence-electron chi connectivity index (χ1n) is 5.37. The molecule has 0 amide bonds. The molecule has 2 saturated carbocycles. The second-order valence-corrected chi connectivity index (χ2v) is 4.88. The minimum absolute atomic E-state index is 0.945. The molecule has 0 N–H and O–H groups in total. The minimum Gasteiger partial charge on any atom is -0.0848 e. The predicted octanol–water partition coefficient (Wildman–Crippen LogP) is 3.20. The fourth-order valence-electron chi connectivity index (χ4n) is 3.83. The molecule has 3 aliphatic rings. The summed E-state index contributed by atoms with van der Waals surface area (Å²) in [7, 11) is 0. The normalized spacial score (nSPS) is 51.4. The van der Waals surface area contributed by atoms with Crippen molar-refractivity contribution in [2.75, 3.05) is 0 Å². The van der Waals surface area contributed by atoms with E-state index >= 15 is 0 Å². The molecule has 1 radical (unpaired) electrons. The van der Waals surface area contributed by atoms with Crippen molar-refractivity contribution in [1.82, 2.24) is 0 Å². The minimum atomic E-state index is 0.945. The van der Waals surface area contributed by atoms with Gasteiger partial charge in [0.1, 0.15) is 0 Å². The average molecular weight is 161 g/mol. The van der Waals surface area contributed by atoms with E-state index in [1.165, 1.54) is 25.7 Å². The molecule has 0 aromatic heterocycles. The lowest BCUT2D eigenvalue weighted by molar-refractivity contribution is 0.249. The molecular formula is C12H17. The van der Waals surface area contributed by atoms with Crippen LogP contribution in [0.25, 0.3) is 0 Å². The Bertz CT molecular complexity index is 216. The first kappa shape index (κ1) is 7.17. The van der Waals surface area contributed by atoms with Gasteiger partial charge >= 0.3 is 0 Å². The van der Waals surface area contributed by atoms with Gasteiger partial charge < -0.3 is 0 Å². The van der Waals surface area contributed by atoms with E-state index < -0.39 is 0 Å². The Morgan fingerprint density at radius 2 is 2.08 bits per heavy atom. The Balaban J connectivity index is 1.92. The van der Waals surface area contributed by atoms with Crippen molar-refractivity contribution in [3.8, 4) is 0 Å². The highest BCUT2D eigenvalue weighted by atomic mass is 14.5. The quantitative estimate of drug-likeness (QED) is 0.479. The van der Waals surface area contributed by atoms with Crippen molar-refractivity contribution in [2.24, 2.45) is 23.7 Å². The Hall–Kier alpha value is -0.260. The maximum absolute atomic E-state index is 2.49. The second kappa shape index (κ2) is 2.37. The molecule has 0 aromatic rings. The molecule has 4 atom stereocenters. The average Bonchev–Trinajstić information content (AvgIpc) is 2.64. The van der Waals surface area contributed by atoms with E-state index in [1.54, 1.807) is 0 Å². The van der Waals surface area contributed by atoms with Crippen LogP contribution in [-0.4, -0.2) is 0 Å². The van der Waals surface area contributed by atoms with Gasteiger partial charge in [-0.15, -0.1) is 0 Å². The van der Waals surface area contributed by atoms with Crippen LogP contribution >= 0.6 is 0 Å². The van der Waals surface area contributed by atoms with Crippen molar-refractivity contribution >= 4 is 0 Å². The Kier molecular flexibility index (Phi) is 1.42. The van der Waals surface area contributed by atoms with Crippen LogP contribution in [0.15, 0.2) is 12.2 Å². The van der Waals surface area contributed by atoms with Crippen LogP contribution in [-0.2, 0) is 0 Å². The van der Waals surface area contributed by atoms with Gasteiger partial charge in [-0.25, -0.2) is 0 Å². The van der Waals surface area contributed by atoms with E-state index in [-0.39, 0.29) is 0 Å². The van der Waals surface area contributed by atoms with E-state index in [0.29, 0.717) is 0 Å². The van der Waals surface area contributed by atoms with Gasteiger partial charge in [-0.3, -0.25) is 0 Å². The lowest BCUT2D eigenvalue weighted by Crippen LogP contribution is -2.28. The van der Waals surface area contributed by atoms with Crippen molar-refractivity contribution in [3.63, 3.8) is 0 Å². The number of hydrogen-bond acceptors (Lipinski definition) is 0. The first-order chi connectivity index (χ1) is 5.86. The Morgan fingerprint density at radius 1 is 1.25 bits per heavy atom. The van der Waals surface area contributed by atoms with E-state index in [0.717, 1.165) is 23.7 Å². The maximum atomic E-state index is 2.49. The summed E-state index contributed by atoms with van der Waals surface area (Å²) >= 11 is 0. The Morgan fingerprint density at radius 3 is 2.92 bits per heavy atom. The number of rotatable bonds is 0. The monoisotopic (exact) mass is 161 g/mol. The summed E-state index contributed by atoms with van der Waals surface area (Å²) in [5.74, 6) is 5.76. The van der Waals surface area contributed by atoms with Crippen LogP contribution in [0.5, 0.6) is 0 Å². The van der Waals surface area contributed by atoms with Crippen LogP contribution in [0.1, 0.15) is 32.6 Å². The van der Waals surface area contributed by atoms with E-state index in [9.17, 15) is 0 Å². The number of allylic oxidation sites excluding steroid dienone is 2. The van der Waals surface area contributed by atoms with Crippen LogP contribution in [0.4, 0.5) is 0 Å². The zero-order chi connectivity index (χ0) is 8.13. The summed E-state index contributed by atoms with van der Waals surface area (Å²) < 4.78 is 0. The molecule has 0 nitrogen and oxygen atoms in total. The smallest absolute Gasteiger partial charge is 0.0191 e. The molecule has 65 valence electrons. The molecular weight excluding hydrogens is 144 g/mol. The maximum Gasteiger partial charge on any atom is -0.0191 e. The van der Waals surface area contributed by atoms with Crippen molar-refractivity contribution < 1.29 is 0 Å². The molecule has 0 heterocycles. The first-order valence-corrected chi connectivity index (χ1v) is 5.37.